The van der Waals surface area contributed by atoms with E-state index in [1.54, 1.807) is 12.5 Å². The smallest absolute Gasteiger partial charge is 0.222 e. The molecule has 1 aromatic heterocycles. The summed E-state index contributed by atoms with van der Waals surface area (Å²) >= 11 is 0. The van der Waals surface area contributed by atoms with Crippen molar-refractivity contribution in [2.75, 3.05) is 0 Å². The highest BCUT2D eigenvalue weighted by Gasteiger charge is 2.33. The average molecular weight is 292 g/mol. The van der Waals surface area contributed by atoms with Gasteiger partial charge in [-0.25, -0.2) is 4.98 Å². The lowest BCUT2D eigenvalue weighted by Crippen LogP contribution is -2.49. The molecule has 1 heterocycles. The number of carbonyl (C=O) groups is 1. The van der Waals surface area contributed by atoms with Gasteiger partial charge in [0.15, 0.2) is 0 Å². The van der Waals surface area contributed by atoms with Gasteiger partial charge in [-0.1, -0.05) is 33.6 Å². The summed E-state index contributed by atoms with van der Waals surface area (Å²) < 4.78 is 2.00. The molecule has 0 bridgehead atoms. The van der Waals surface area contributed by atoms with E-state index in [1.807, 2.05) is 10.8 Å². The first-order valence-electron chi connectivity index (χ1n) is 7.82. The molecule has 5 nitrogen and oxygen atoms in total. The molecule has 21 heavy (non-hydrogen) atoms. The summed E-state index contributed by atoms with van der Waals surface area (Å²) in [6, 6.07) is 0.0594. The number of hydrogen-bond acceptors (Lipinski definition) is 3. The lowest BCUT2D eigenvalue weighted by Gasteiger charge is -2.33. The summed E-state index contributed by atoms with van der Waals surface area (Å²) in [5, 5.41) is 3.18. The molecule has 0 radical (unpaired) electrons. The van der Waals surface area contributed by atoms with Crippen LogP contribution in [0.3, 0.4) is 0 Å². The Kier molecular flexibility index (Phi) is 4.71. The summed E-state index contributed by atoms with van der Waals surface area (Å²) in [7, 11) is 0. The highest BCUT2D eigenvalue weighted by atomic mass is 16.1. The van der Waals surface area contributed by atoms with E-state index < -0.39 is 0 Å². The molecule has 1 aliphatic carbocycles. The van der Waals surface area contributed by atoms with E-state index in [9.17, 15) is 4.79 Å². The van der Waals surface area contributed by atoms with Crippen LogP contribution in [0.1, 0.15) is 52.9 Å². The molecule has 5 heteroatoms. The third-order valence-corrected chi connectivity index (χ3v) is 4.45. The summed E-state index contributed by atoms with van der Waals surface area (Å²) in [5.74, 6) is 0.0689. The predicted octanol–water partition coefficient (Wildman–Crippen LogP) is 2.08. The monoisotopic (exact) mass is 292 g/mol. The largest absolute Gasteiger partial charge is 0.351 e. The fraction of sp³-hybridized carbons (Fsp3) is 0.750. The molecule has 3 N–H and O–H groups in total. The maximum atomic E-state index is 12.4. The van der Waals surface area contributed by atoms with Crippen molar-refractivity contribution < 1.29 is 4.79 Å². The molecule has 1 aromatic rings. The number of nitrogens with zero attached hydrogens (tertiary/aromatic N) is 2. The van der Waals surface area contributed by atoms with Gasteiger partial charge >= 0.3 is 0 Å². The van der Waals surface area contributed by atoms with Gasteiger partial charge in [-0.2, -0.15) is 0 Å². The van der Waals surface area contributed by atoms with Gasteiger partial charge in [-0.05, 0) is 18.3 Å². The van der Waals surface area contributed by atoms with Crippen LogP contribution in [0.5, 0.6) is 0 Å². The Morgan fingerprint density at radius 3 is 2.62 bits per heavy atom. The van der Waals surface area contributed by atoms with Gasteiger partial charge in [0.1, 0.15) is 0 Å². The van der Waals surface area contributed by atoms with Crippen molar-refractivity contribution in [3.63, 3.8) is 0 Å². The molecule has 1 saturated carbocycles. The SMILES string of the molecule is CC(C)(C)C(Cn1ccnc1)NC(=O)CC1(N)CCCC1. The van der Waals surface area contributed by atoms with Crippen molar-refractivity contribution in [1.82, 2.24) is 14.9 Å². The van der Waals surface area contributed by atoms with Crippen LogP contribution in [0.25, 0.3) is 0 Å². The molecule has 0 saturated heterocycles. The Bertz CT molecular complexity index is 455. The second-order valence-corrected chi connectivity index (χ2v) is 7.49. The van der Waals surface area contributed by atoms with Crippen LogP contribution in [0.15, 0.2) is 18.7 Å². The number of hydrogen-bond donors (Lipinski definition) is 2. The molecule has 0 aliphatic heterocycles. The summed E-state index contributed by atoms with van der Waals surface area (Å²) in [6.07, 6.45) is 10.1. The van der Waals surface area contributed by atoms with Crippen LogP contribution in [0.4, 0.5) is 0 Å². The number of nitrogens with two attached hydrogens (primary N) is 1. The van der Waals surface area contributed by atoms with Gasteiger partial charge in [-0.3, -0.25) is 4.79 Å². The van der Waals surface area contributed by atoms with Crippen LogP contribution in [-0.2, 0) is 11.3 Å². The number of rotatable bonds is 5. The van der Waals surface area contributed by atoms with E-state index >= 15 is 0 Å². The van der Waals surface area contributed by atoms with Crippen molar-refractivity contribution in [1.29, 1.82) is 0 Å². The molecular formula is C16H28N4O. The van der Waals surface area contributed by atoms with Crippen molar-refractivity contribution in [3.05, 3.63) is 18.7 Å². The minimum absolute atomic E-state index is 0.0165. The molecule has 1 amide bonds. The number of carbonyl (C=O) groups excluding carboxylic acids is 1. The molecule has 0 aromatic carbocycles. The van der Waals surface area contributed by atoms with Crippen LogP contribution in [-0.4, -0.2) is 27.0 Å². The third-order valence-electron chi connectivity index (χ3n) is 4.45. The van der Waals surface area contributed by atoms with Gasteiger partial charge in [0.05, 0.1) is 12.4 Å². The minimum atomic E-state index is -0.290. The molecule has 2 rings (SSSR count). The Hall–Kier alpha value is -1.36. The van der Waals surface area contributed by atoms with E-state index in [2.05, 4.69) is 31.1 Å². The van der Waals surface area contributed by atoms with Gasteiger partial charge in [0, 0.05) is 30.9 Å². The molecule has 1 atom stereocenters. The average Bonchev–Trinajstić information content (AvgIpc) is 2.99. The number of imidazole rings is 1. The lowest BCUT2D eigenvalue weighted by molar-refractivity contribution is -0.123. The van der Waals surface area contributed by atoms with E-state index in [0.29, 0.717) is 6.42 Å². The van der Waals surface area contributed by atoms with Gasteiger partial charge < -0.3 is 15.6 Å². The predicted molar refractivity (Wildman–Crippen MR) is 83.6 cm³/mol. The first-order chi connectivity index (χ1) is 9.78. The third kappa shape index (κ3) is 4.56. The Morgan fingerprint density at radius 1 is 1.43 bits per heavy atom. The second-order valence-electron chi connectivity index (χ2n) is 7.49. The van der Waals surface area contributed by atoms with E-state index in [0.717, 1.165) is 32.2 Å². The minimum Gasteiger partial charge on any atom is -0.351 e. The molecule has 1 aliphatic rings. The zero-order valence-corrected chi connectivity index (χ0v) is 13.4. The van der Waals surface area contributed by atoms with E-state index in [-0.39, 0.29) is 22.9 Å². The standard InChI is InChI=1S/C16H28N4O/c1-15(2,3)13(11-20-9-8-18-12-20)19-14(21)10-16(17)6-4-5-7-16/h8-9,12-13H,4-7,10-11,17H2,1-3H3,(H,19,21). The maximum Gasteiger partial charge on any atom is 0.222 e. The van der Waals surface area contributed by atoms with Gasteiger partial charge in [-0.15, -0.1) is 0 Å². The first-order valence-corrected chi connectivity index (χ1v) is 7.82. The highest BCUT2D eigenvalue weighted by molar-refractivity contribution is 5.77. The molecule has 1 fully saturated rings. The summed E-state index contributed by atoms with van der Waals surface area (Å²) in [4.78, 5) is 16.4. The van der Waals surface area contributed by atoms with Crippen molar-refractivity contribution in [3.8, 4) is 0 Å². The Balaban J connectivity index is 1.96. The number of amides is 1. The Labute approximate surface area is 127 Å². The summed E-state index contributed by atoms with van der Waals surface area (Å²) in [5.41, 5.74) is 6.00. The first kappa shape index (κ1) is 16.0. The fourth-order valence-electron chi connectivity index (χ4n) is 2.96. The second kappa shape index (κ2) is 6.18. The quantitative estimate of drug-likeness (QED) is 0.872. The van der Waals surface area contributed by atoms with Crippen LogP contribution in [0, 0.1) is 5.41 Å². The van der Waals surface area contributed by atoms with Crippen LogP contribution in [0.2, 0.25) is 0 Å². The van der Waals surface area contributed by atoms with E-state index in [1.165, 1.54) is 0 Å². The lowest BCUT2D eigenvalue weighted by atomic mass is 9.86. The zero-order valence-electron chi connectivity index (χ0n) is 13.4. The van der Waals surface area contributed by atoms with Gasteiger partial charge in [0.2, 0.25) is 5.91 Å². The van der Waals surface area contributed by atoms with Crippen LogP contribution < -0.4 is 11.1 Å². The van der Waals surface area contributed by atoms with Crippen LogP contribution >= 0.6 is 0 Å². The fourth-order valence-corrected chi connectivity index (χ4v) is 2.96. The molecule has 1 unspecified atom stereocenters. The zero-order chi connectivity index (χ0) is 15.5. The number of nitrogens with one attached hydrogen (secondary N) is 1. The number of aromatic nitrogens is 2. The molecule has 118 valence electrons. The maximum absolute atomic E-state index is 12.4. The molecular weight excluding hydrogens is 264 g/mol. The summed E-state index contributed by atoms with van der Waals surface area (Å²) in [6.45, 7) is 7.15. The van der Waals surface area contributed by atoms with Crippen molar-refractivity contribution in [2.45, 2.75) is 71.0 Å². The van der Waals surface area contributed by atoms with Crippen molar-refractivity contribution in [2.24, 2.45) is 11.1 Å². The topological polar surface area (TPSA) is 72.9 Å². The molecule has 0 spiro atoms. The van der Waals surface area contributed by atoms with Crippen molar-refractivity contribution >= 4 is 5.91 Å². The normalized spacial score (nSPS) is 19.4. The van der Waals surface area contributed by atoms with E-state index in [4.69, 9.17) is 5.73 Å². The van der Waals surface area contributed by atoms with Gasteiger partial charge in [0.25, 0.3) is 0 Å². The highest BCUT2D eigenvalue weighted by Crippen LogP contribution is 2.30. The Morgan fingerprint density at radius 2 is 2.10 bits per heavy atom.